The summed E-state index contributed by atoms with van der Waals surface area (Å²) in [4.78, 5) is 6.33. The van der Waals surface area contributed by atoms with Crippen molar-refractivity contribution >= 4 is 6.08 Å². The van der Waals surface area contributed by atoms with E-state index in [2.05, 4.69) is 78.7 Å². The second-order valence-corrected chi connectivity index (χ2v) is 9.46. The van der Waals surface area contributed by atoms with Gasteiger partial charge in [0.1, 0.15) is 0 Å². The molecule has 0 radical (unpaired) electrons. The molecule has 2 heterocycles. The zero-order valence-electron chi connectivity index (χ0n) is 17.5. The first-order chi connectivity index (χ1) is 13.5. The fourth-order valence-corrected chi connectivity index (χ4v) is 6.08. The predicted octanol–water partition coefficient (Wildman–Crippen LogP) is 4.59. The molecule has 1 aromatic heterocycles. The van der Waals surface area contributed by atoms with Crippen LogP contribution in [0.15, 0.2) is 36.4 Å². The van der Waals surface area contributed by atoms with Crippen molar-refractivity contribution in [3.8, 4) is 0 Å². The van der Waals surface area contributed by atoms with E-state index in [1.165, 1.54) is 55.5 Å². The molecular weight excluding hydrogens is 342 g/mol. The van der Waals surface area contributed by atoms with Gasteiger partial charge in [0.2, 0.25) is 0 Å². The summed E-state index contributed by atoms with van der Waals surface area (Å²) in [5.41, 5.74) is 7.83. The molecule has 1 atom stereocenters. The fraction of sp³-hybridized carbons (Fsp3) is 0.520. The number of aromatic amines is 1. The van der Waals surface area contributed by atoms with Gasteiger partial charge in [0.05, 0.1) is 5.54 Å². The number of aromatic nitrogens is 1. The third kappa shape index (κ3) is 2.63. The lowest BCUT2D eigenvalue weighted by Gasteiger charge is -2.51. The van der Waals surface area contributed by atoms with Gasteiger partial charge in [-0.3, -0.25) is 4.90 Å². The molecule has 1 aliphatic heterocycles. The number of hydrogen-bond donors (Lipinski definition) is 2. The van der Waals surface area contributed by atoms with Crippen LogP contribution in [0, 0.1) is 5.92 Å². The minimum absolute atomic E-state index is 0.121. The van der Waals surface area contributed by atoms with Gasteiger partial charge in [-0.15, -0.1) is 0 Å². The molecule has 2 N–H and O–H groups in total. The molecule has 2 aliphatic carbocycles. The van der Waals surface area contributed by atoms with Crippen molar-refractivity contribution in [3.63, 3.8) is 0 Å². The summed E-state index contributed by atoms with van der Waals surface area (Å²) in [6.07, 6.45) is 11.8. The molecule has 0 saturated heterocycles. The summed E-state index contributed by atoms with van der Waals surface area (Å²) in [7, 11) is 4.51. The highest BCUT2D eigenvalue weighted by atomic mass is 15.2. The maximum Gasteiger partial charge on any atom is 0.0591 e. The summed E-state index contributed by atoms with van der Waals surface area (Å²) in [6.45, 7) is 3.44. The molecule has 1 aromatic carbocycles. The van der Waals surface area contributed by atoms with Gasteiger partial charge in [-0.2, -0.15) is 0 Å². The molecule has 3 heteroatoms. The zero-order chi connectivity index (χ0) is 19.4. The lowest BCUT2D eigenvalue weighted by molar-refractivity contribution is 0.0495. The number of hydrogen-bond acceptors (Lipinski definition) is 2. The van der Waals surface area contributed by atoms with E-state index >= 15 is 0 Å². The van der Waals surface area contributed by atoms with Crippen LogP contribution < -0.4 is 5.32 Å². The van der Waals surface area contributed by atoms with Crippen molar-refractivity contribution in [1.29, 1.82) is 0 Å². The minimum Gasteiger partial charge on any atom is -0.357 e. The Morgan fingerprint density at radius 3 is 2.46 bits per heavy atom. The lowest BCUT2D eigenvalue weighted by Crippen LogP contribution is -2.55. The van der Waals surface area contributed by atoms with Crippen molar-refractivity contribution in [1.82, 2.24) is 15.2 Å². The summed E-state index contributed by atoms with van der Waals surface area (Å²) < 4.78 is 0. The smallest absolute Gasteiger partial charge is 0.0591 e. The Balaban J connectivity index is 1.50. The van der Waals surface area contributed by atoms with Gasteiger partial charge in [-0.05, 0) is 81.3 Å². The Hall–Kier alpha value is -1.84. The fourth-order valence-electron chi connectivity index (χ4n) is 6.08. The van der Waals surface area contributed by atoms with E-state index in [0.29, 0.717) is 5.92 Å². The normalized spacial score (nSPS) is 31.8. The summed E-state index contributed by atoms with van der Waals surface area (Å²) in [5, 5.41) is 3.97. The number of H-pyrrole nitrogens is 1. The minimum atomic E-state index is 0.121. The number of benzene rings is 1. The van der Waals surface area contributed by atoms with Crippen LogP contribution in [0.25, 0.3) is 6.08 Å². The summed E-state index contributed by atoms with van der Waals surface area (Å²) >= 11 is 0. The van der Waals surface area contributed by atoms with Crippen LogP contribution in [0.3, 0.4) is 0 Å². The Kier molecular flexibility index (Phi) is 4.29. The van der Waals surface area contributed by atoms with Crippen LogP contribution in [-0.4, -0.2) is 30.5 Å². The van der Waals surface area contributed by atoms with E-state index in [9.17, 15) is 0 Å². The van der Waals surface area contributed by atoms with Gasteiger partial charge in [-0.1, -0.05) is 43.3 Å². The van der Waals surface area contributed by atoms with Gasteiger partial charge >= 0.3 is 0 Å². The standard InChI is InChI=1S/C25H33N3/c1-18-9-10-22-21(17-18)20-11-16-26-24(23(20)27-22)12-14-25(15-13-24,28(2)3)19-7-5-4-6-8-19/h4-10,18,26-27H,11-17H2,1-3H3. The molecule has 1 unspecified atom stereocenters. The van der Waals surface area contributed by atoms with E-state index in [4.69, 9.17) is 0 Å². The largest absolute Gasteiger partial charge is 0.357 e. The molecule has 1 spiro atoms. The van der Waals surface area contributed by atoms with E-state index in [-0.39, 0.29) is 11.1 Å². The van der Waals surface area contributed by atoms with E-state index in [1.54, 1.807) is 11.1 Å². The highest BCUT2D eigenvalue weighted by Crippen LogP contribution is 2.50. The molecule has 1 saturated carbocycles. The summed E-state index contributed by atoms with van der Waals surface area (Å²) in [6, 6.07) is 11.1. The molecule has 28 heavy (non-hydrogen) atoms. The van der Waals surface area contributed by atoms with Crippen molar-refractivity contribution < 1.29 is 0 Å². The Morgan fingerprint density at radius 1 is 1.00 bits per heavy atom. The molecule has 3 aliphatic rings. The molecular formula is C25H33N3. The number of nitrogens with one attached hydrogen (secondary N) is 2. The molecule has 148 valence electrons. The first-order valence-electron chi connectivity index (χ1n) is 10.9. The average molecular weight is 376 g/mol. The highest BCUT2D eigenvalue weighted by molar-refractivity contribution is 5.59. The van der Waals surface area contributed by atoms with E-state index in [1.807, 2.05) is 0 Å². The first-order valence-corrected chi connectivity index (χ1v) is 10.9. The van der Waals surface area contributed by atoms with Crippen molar-refractivity contribution in [3.05, 3.63) is 64.5 Å². The monoisotopic (exact) mass is 375 g/mol. The highest BCUT2D eigenvalue weighted by Gasteiger charge is 2.48. The number of fused-ring (bicyclic) bond motifs is 4. The first kappa shape index (κ1) is 18.2. The number of rotatable bonds is 2. The molecule has 0 amide bonds. The van der Waals surface area contributed by atoms with Gasteiger partial charge in [0, 0.05) is 23.5 Å². The predicted molar refractivity (Wildman–Crippen MR) is 116 cm³/mol. The van der Waals surface area contributed by atoms with Gasteiger partial charge < -0.3 is 10.3 Å². The topological polar surface area (TPSA) is 31.1 Å². The van der Waals surface area contributed by atoms with Gasteiger partial charge in [-0.25, -0.2) is 0 Å². The van der Waals surface area contributed by atoms with Crippen LogP contribution in [0.1, 0.15) is 60.7 Å². The Bertz CT molecular complexity index is 882. The molecule has 3 nitrogen and oxygen atoms in total. The lowest BCUT2D eigenvalue weighted by atomic mass is 9.66. The maximum atomic E-state index is 3.97. The second kappa shape index (κ2) is 6.60. The molecule has 0 bridgehead atoms. The summed E-state index contributed by atoms with van der Waals surface area (Å²) in [5.74, 6) is 0.657. The van der Waals surface area contributed by atoms with Crippen LogP contribution in [-0.2, 0) is 23.9 Å². The Morgan fingerprint density at radius 2 is 1.75 bits per heavy atom. The van der Waals surface area contributed by atoms with Crippen LogP contribution in [0.4, 0.5) is 0 Å². The van der Waals surface area contributed by atoms with Crippen molar-refractivity contribution in [2.24, 2.45) is 5.92 Å². The second-order valence-electron chi connectivity index (χ2n) is 9.46. The molecule has 5 rings (SSSR count). The van der Waals surface area contributed by atoms with Crippen LogP contribution in [0.5, 0.6) is 0 Å². The number of allylic oxidation sites excluding steroid dienone is 1. The Labute approximate surface area is 169 Å². The van der Waals surface area contributed by atoms with Gasteiger partial charge in [0.25, 0.3) is 0 Å². The van der Waals surface area contributed by atoms with Crippen molar-refractivity contribution in [2.45, 2.75) is 56.5 Å². The molecule has 2 aromatic rings. The van der Waals surface area contributed by atoms with E-state index < -0.39 is 0 Å². The van der Waals surface area contributed by atoms with Gasteiger partial charge in [0.15, 0.2) is 0 Å². The van der Waals surface area contributed by atoms with Crippen LogP contribution >= 0.6 is 0 Å². The van der Waals surface area contributed by atoms with Crippen molar-refractivity contribution in [2.75, 3.05) is 20.6 Å². The average Bonchev–Trinajstić information content (AvgIpc) is 3.09. The maximum absolute atomic E-state index is 3.97. The number of nitrogens with zero attached hydrogens (tertiary/aromatic N) is 1. The SMILES string of the molecule is CC1C=Cc2[nH]c3c(c2C1)CCNC31CCC(c2ccccc2)(N(C)C)CC1. The van der Waals surface area contributed by atoms with Crippen LogP contribution in [0.2, 0.25) is 0 Å². The quantitative estimate of drug-likeness (QED) is 0.804. The van der Waals surface area contributed by atoms with E-state index in [0.717, 1.165) is 6.54 Å². The third-order valence-electron chi connectivity index (χ3n) is 7.78. The molecule has 1 fully saturated rings. The zero-order valence-corrected chi connectivity index (χ0v) is 17.5. The third-order valence-corrected chi connectivity index (χ3v) is 7.78.